The third kappa shape index (κ3) is 1.28. The van der Waals surface area contributed by atoms with Gasteiger partial charge < -0.3 is 5.11 Å². The van der Waals surface area contributed by atoms with E-state index < -0.39 is 6.10 Å². The van der Waals surface area contributed by atoms with E-state index in [9.17, 15) is 0 Å². The zero-order valence-corrected chi connectivity index (χ0v) is 2.92. The SMILES string of the molecule is N#CC(O)C#N. The Hall–Kier alpha value is -1.06. The van der Waals surface area contributed by atoms with Crippen LogP contribution in [0, 0.1) is 22.7 Å². The first-order chi connectivity index (χ1) is 2.81. The highest BCUT2D eigenvalue weighted by atomic mass is 16.3. The lowest BCUT2D eigenvalue weighted by molar-refractivity contribution is 0.285. The molecule has 0 aromatic carbocycles. The molecule has 0 fully saturated rings. The van der Waals surface area contributed by atoms with Crippen molar-refractivity contribution in [3.63, 3.8) is 0 Å². The van der Waals surface area contributed by atoms with E-state index in [1.54, 1.807) is 0 Å². The van der Waals surface area contributed by atoms with Crippen molar-refractivity contribution in [2.45, 2.75) is 6.10 Å². The number of rotatable bonds is 0. The quantitative estimate of drug-likeness (QED) is 0.396. The summed E-state index contributed by atoms with van der Waals surface area (Å²) in [5, 5.41) is 23.2. The molecule has 0 amide bonds. The molecule has 0 radical (unpaired) electrons. The number of hydrogen-bond donors (Lipinski definition) is 1. The molecular weight excluding hydrogens is 80.0 g/mol. The fraction of sp³-hybridized carbons (Fsp3) is 0.333. The maximum Gasteiger partial charge on any atom is 0.228 e. The van der Waals surface area contributed by atoms with Crippen molar-refractivity contribution in [3.8, 4) is 12.1 Å². The van der Waals surface area contributed by atoms with Gasteiger partial charge in [-0.15, -0.1) is 0 Å². The number of nitriles is 2. The Bertz CT molecular complexity index is 92.9. The van der Waals surface area contributed by atoms with E-state index in [0.29, 0.717) is 0 Å². The van der Waals surface area contributed by atoms with E-state index in [1.807, 2.05) is 0 Å². The van der Waals surface area contributed by atoms with Gasteiger partial charge in [-0.3, -0.25) is 0 Å². The second kappa shape index (κ2) is 2.19. The zero-order valence-electron chi connectivity index (χ0n) is 2.92. The molecule has 1 N–H and O–H groups in total. The second-order valence-electron chi connectivity index (χ2n) is 0.661. The lowest BCUT2D eigenvalue weighted by Crippen LogP contribution is -1.94. The van der Waals surface area contributed by atoms with Crippen molar-refractivity contribution in [3.05, 3.63) is 0 Å². The smallest absolute Gasteiger partial charge is 0.228 e. The molecule has 0 aliphatic rings. The average molecular weight is 82.1 g/mol. The van der Waals surface area contributed by atoms with Gasteiger partial charge in [-0.25, -0.2) is 0 Å². The van der Waals surface area contributed by atoms with E-state index in [0.717, 1.165) is 0 Å². The molecule has 0 saturated heterocycles. The summed E-state index contributed by atoms with van der Waals surface area (Å²) >= 11 is 0. The maximum absolute atomic E-state index is 7.94. The minimum atomic E-state index is -1.45. The minimum Gasteiger partial charge on any atom is -0.366 e. The Morgan fingerprint density at radius 2 is 1.67 bits per heavy atom. The van der Waals surface area contributed by atoms with E-state index in [-0.39, 0.29) is 0 Å². The molecule has 0 aromatic rings. The van der Waals surface area contributed by atoms with Gasteiger partial charge in [0.1, 0.15) is 12.1 Å². The number of hydrogen-bond acceptors (Lipinski definition) is 3. The lowest BCUT2D eigenvalue weighted by Gasteiger charge is -1.73. The number of nitrogens with zero attached hydrogens (tertiary/aromatic N) is 2. The van der Waals surface area contributed by atoms with Gasteiger partial charge in [-0.2, -0.15) is 10.5 Å². The predicted molar refractivity (Wildman–Crippen MR) is 17.2 cm³/mol. The van der Waals surface area contributed by atoms with Gasteiger partial charge in [-0.05, 0) is 0 Å². The Balaban J connectivity index is 3.40. The van der Waals surface area contributed by atoms with Crippen molar-refractivity contribution in [2.24, 2.45) is 0 Å². The number of aliphatic hydroxyl groups is 1. The van der Waals surface area contributed by atoms with E-state index >= 15 is 0 Å². The van der Waals surface area contributed by atoms with Crippen LogP contribution in [0.5, 0.6) is 0 Å². The standard InChI is InChI=1S/C3H2N2O/c4-1-3(6)2-5/h3,6H. The van der Waals surface area contributed by atoms with E-state index in [1.165, 1.54) is 12.1 Å². The third-order valence-electron chi connectivity index (χ3n) is 0.245. The molecule has 3 heteroatoms. The lowest BCUT2D eigenvalue weighted by atomic mass is 10.5. The largest absolute Gasteiger partial charge is 0.366 e. The Labute approximate surface area is 35.0 Å². The highest BCUT2D eigenvalue weighted by Crippen LogP contribution is 1.67. The maximum atomic E-state index is 7.94. The van der Waals surface area contributed by atoms with Gasteiger partial charge in [0.15, 0.2) is 0 Å². The van der Waals surface area contributed by atoms with Crippen LogP contribution in [0.3, 0.4) is 0 Å². The summed E-state index contributed by atoms with van der Waals surface area (Å²) < 4.78 is 0. The molecule has 0 atom stereocenters. The first-order valence-corrected chi connectivity index (χ1v) is 1.28. The Morgan fingerprint density at radius 3 is 1.67 bits per heavy atom. The predicted octanol–water partition coefficient (Wildman–Crippen LogP) is -0.606. The summed E-state index contributed by atoms with van der Waals surface area (Å²) in [5.74, 6) is 0. The van der Waals surface area contributed by atoms with Crippen molar-refractivity contribution in [1.29, 1.82) is 10.5 Å². The molecule has 0 unspecified atom stereocenters. The molecule has 0 aliphatic carbocycles. The van der Waals surface area contributed by atoms with Crippen LogP contribution in [0.1, 0.15) is 0 Å². The van der Waals surface area contributed by atoms with E-state index in [4.69, 9.17) is 15.6 Å². The Morgan fingerprint density at radius 1 is 1.33 bits per heavy atom. The van der Waals surface area contributed by atoms with Gasteiger partial charge >= 0.3 is 0 Å². The van der Waals surface area contributed by atoms with Crippen molar-refractivity contribution in [1.82, 2.24) is 0 Å². The third-order valence-corrected chi connectivity index (χ3v) is 0.245. The fourth-order valence-electron chi connectivity index (χ4n) is 0.0289. The van der Waals surface area contributed by atoms with E-state index in [2.05, 4.69) is 0 Å². The van der Waals surface area contributed by atoms with Crippen LogP contribution in [-0.2, 0) is 0 Å². The fourth-order valence-corrected chi connectivity index (χ4v) is 0.0289. The van der Waals surface area contributed by atoms with Crippen LogP contribution >= 0.6 is 0 Å². The zero-order chi connectivity index (χ0) is 4.99. The minimum absolute atomic E-state index is 1.31. The number of aliphatic hydroxyl groups excluding tert-OH is 1. The summed E-state index contributed by atoms with van der Waals surface area (Å²) in [6.07, 6.45) is -1.45. The molecule has 0 saturated carbocycles. The van der Waals surface area contributed by atoms with Gasteiger partial charge in [0.2, 0.25) is 6.10 Å². The molecule has 3 nitrogen and oxygen atoms in total. The monoisotopic (exact) mass is 82.0 g/mol. The van der Waals surface area contributed by atoms with Crippen LogP contribution in [0.4, 0.5) is 0 Å². The highest BCUT2D eigenvalue weighted by molar-refractivity contribution is 4.99. The molecule has 0 bridgehead atoms. The Kier molecular flexibility index (Phi) is 1.81. The van der Waals surface area contributed by atoms with Crippen molar-refractivity contribution < 1.29 is 5.11 Å². The van der Waals surface area contributed by atoms with Crippen LogP contribution in [0.15, 0.2) is 0 Å². The molecule has 30 valence electrons. The van der Waals surface area contributed by atoms with Gasteiger partial charge in [0.05, 0.1) is 0 Å². The van der Waals surface area contributed by atoms with Crippen LogP contribution in [-0.4, -0.2) is 11.2 Å². The molecule has 0 spiro atoms. The molecule has 6 heavy (non-hydrogen) atoms. The molecule has 0 heterocycles. The normalized spacial score (nSPS) is 6.67. The van der Waals surface area contributed by atoms with Gasteiger partial charge in [0, 0.05) is 0 Å². The molecular formula is C3H2N2O. The van der Waals surface area contributed by atoms with Crippen molar-refractivity contribution >= 4 is 0 Å². The first kappa shape index (κ1) is 4.94. The average Bonchev–Trinajstić information content (AvgIpc) is 1.65. The second-order valence-corrected chi connectivity index (χ2v) is 0.661. The van der Waals surface area contributed by atoms with Crippen LogP contribution < -0.4 is 0 Å². The van der Waals surface area contributed by atoms with Gasteiger partial charge in [-0.1, -0.05) is 0 Å². The highest BCUT2D eigenvalue weighted by Gasteiger charge is 1.90. The van der Waals surface area contributed by atoms with Crippen LogP contribution in [0.2, 0.25) is 0 Å². The summed E-state index contributed by atoms with van der Waals surface area (Å²) in [6.45, 7) is 0. The summed E-state index contributed by atoms with van der Waals surface area (Å²) in [4.78, 5) is 0. The molecule has 0 aliphatic heterocycles. The molecule has 0 aromatic heterocycles. The first-order valence-electron chi connectivity index (χ1n) is 1.28. The molecule has 0 rings (SSSR count). The van der Waals surface area contributed by atoms with Crippen LogP contribution in [0.25, 0.3) is 0 Å². The summed E-state index contributed by atoms with van der Waals surface area (Å²) in [6, 6.07) is 2.62. The van der Waals surface area contributed by atoms with Crippen molar-refractivity contribution in [2.75, 3.05) is 0 Å². The van der Waals surface area contributed by atoms with Gasteiger partial charge in [0.25, 0.3) is 0 Å². The summed E-state index contributed by atoms with van der Waals surface area (Å²) in [5.41, 5.74) is 0. The summed E-state index contributed by atoms with van der Waals surface area (Å²) in [7, 11) is 0. The topological polar surface area (TPSA) is 67.8 Å².